The van der Waals surface area contributed by atoms with Crippen LogP contribution in [0.2, 0.25) is 0 Å². The number of nitrogens with zero attached hydrogens (tertiary/aromatic N) is 1. The van der Waals surface area contributed by atoms with Crippen molar-refractivity contribution in [3.05, 3.63) is 12.7 Å². The summed E-state index contributed by atoms with van der Waals surface area (Å²) in [5.74, 6) is -0.857. The lowest BCUT2D eigenvalue weighted by Gasteiger charge is -2.15. The SMILES string of the molecule is C=CCC(=O)N(C)CCCC(=O)O. The van der Waals surface area contributed by atoms with Crippen LogP contribution in [0.25, 0.3) is 0 Å². The van der Waals surface area contributed by atoms with E-state index in [0.717, 1.165) is 0 Å². The molecule has 1 amide bonds. The van der Waals surface area contributed by atoms with Gasteiger partial charge in [0.2, 0.25) is 5.91 Å². The predicted molar refractivity (Wildman–Crippen MR) is 49.3 cm³/mol. The predicted octanol–water partition coefficient (Wildman–Crippen LogP) is 0.886. The maximum Gasteiger partial charge on any atom is 0.303 e. The molecule has 0 bridgehead atoms. The van der Waals surface area contributed by atoms with Crippen LogP contribution in [0.1, 0.15) is 19.3 Å². The standard InChI is InChI=1S/C9H15NO3/c1-3-5-8(11)10(2)7-4-6-9(12)13/h3H,1,4-7H2,2H3,(H,12,13). The van der Waals surface area contributed by atoms with E-state index in [1.54, 1.807) is 7.05 Å². The highest BCUT2D eigenvalue weighted by molar-refractivity contribution is 5.77. The Morgan fingerprint density at radius 1 is 1.54 bits per heavy atom. The molecule has 4 nitrogen and oxygen atoms in total. The minimum atomic E-state index is -0.829. The van der Waals surface area contributed by atoms with Crippen LogP contribution in [0.15, 0.2) is 12.7 Å². The van der Waals surface area contributed by atoms with Crippen molar-refractivity contribution in [1.29, 1.82) is 0 Å². The molecule has 0 radical (unpaired) electrons. The van der Waals surface area contributed by atoms with Gasteiger partial charge in [0.05, 0.1) is 0 Å². The van der Waals surface area contributed by atoms with Crippen LogP contribution in [0, 0.1) is 0 Å². The summed E-state index contributed by atoms with van der Waals surface area (Å²) >= 11 is 0. The summed E-state index contributed by atoms with van der Waals surface area (Å²) in [5, 5.41) is 8.35. The summed E-state index contributed by atoms with van der Waals surface area (Å²) in [4.78, 5) is 22.8. The number of rotatable bonds is 6. The minimum absolute atomic E-state index is 0.0274. The summed E-state index contributed by atoms with van der Waals surface area (Å²) in [7, 11) is 1.66. The second kappa shape index (κ2) is 6.22. The summed E-state index contributed by atoms with van der Waals surface area (Å²) < 4.78 is 0. The van der Waals surface area contributed by atoms with Gasteiger partial charge in [0.15, 0.2) is 0 Å². The number of aliphatic carboxylic acids is 1. The normalized spacial score (nSPS) is 9.31. The molecule has 0 atom stereocenters. The van der Waals surface area contributed by atoms with Crippen molar-refractivity contribution in [2.45, 2.75) is 19.3 Å². The average molecular weight is 185 g/mol. The molecule has 0 aromatic heterocycles. The lowest BCUT2D eigenvalue weighted by atomic mass is 10.3. The first-order chi connectivity index (χ1) is 6.07. The van der Waals surface area contributed by atoms with E-state index in [2.05, 4.69) is 6.58 Å². The van der Waals surface area contributed by atoms with Crippen molar-refractivity contribution < 1.29 is 14.7 Å². The van der Waals surface area contributed by atoms with Crippen molar-refractivity contribution in [3.63, 3.8) is 0 Å². The van der Waals surface area contributed by atoms with E-state index < -0.39 is 5.97 Å². The Kier molecular flexibility index (Phi) is 5.59. The Morgan fingerprint density at radius 3 is 2.62 bits per heavy atom. The fourth-order valence-corrected chi connectivity index (χ4v) is 0.871. The number of hydrogen-bond donors (Lipinski definition) is 1. The molecule has 74 valence electrons. The first-order valence-corrected chi connectivity index (χ1v) is 4.14. The molecular weight excluding hydrogens is 170 g/mol. The van der Waals surface area contributed by atoms with Gasteiger partial charge in [0.1, 0.15) is 0 Å². The molecule has 0 fully saturated rings. The van der Waals surface area contributed by atoms with Gasteiger partial charge in [-0.3, -0.25) is 9.59 Å². The Morgan fingerprint density at radius 2 is 2.15 bits per heavy atom. The summed E-state index contributed by atoms with van der Waals surface area (Å²) in [6.07, 6.45) is 2.44. The second-order valence-electron chi connectivity index (χ2n) is 2.81. The molecule has 0 heterocycles. The molecular formula is C9H15NO3. The van der Waals surface area contributed by atoms with E-state index in [0.29, 0.717) is 19.4 Å². The first-order valence-electron chi connectivity index (χ1n) is 4.14. The van der Waals surface area contributed by atoms with E-state index in [1.165, 1.54) is 11.0 Å². The lowest BCUT2D eigenvalue weighted by molar-refractivity contribution is -0.137. The van der Waals surface area contributed by atoms with Crippen molar-refractivity contribution in [3.8, 4) is 0 Å². The van der Waals surface area contributed by atoms with Crippen molar-refractivity contribution in [2.24, 2.45) is 0 Å². The third-order valence-corrected chi connectivity index (χ3v) is 1.63. The Balaban J connectivity index is 3.61. The number of carbonyl (C=O) groups is 2. The second-order valence-corrected chi connectivity index (χ2v) is 2.81. The zero-order valence-electron chi connectivity index (χ0n) is 7.82. The Hall–Kier alpha value is -1.32. The number of hydrogen-bond acceptors (Lipinski definition) is 2. The van der Waals surface area contributed by atoms with Crippen LogP contribution >= 0.6 is 0 Å². The third-order valence-electron chi connectivity index (χ3n) is 1.63. The highest BCUT2D eigenvalue weighted by Crippen LogP contribution is 1.96. The molecule has 0 aromatic rings. The molecule has 0 aliphatic heterocycles. The Bertz CT molecular complexity index is 201. The van der Waals surface area contributed by atoms with Crippen LogP contribution in [-0.2, 0) is 9.59 Å². The van der Waals surface area contributed by atoms with Crippen LogP contribution in [0.3, 0.4) is 0 Å². The average Bonchev–Trinajstić information content (AvgIpc) is 2.04. The van der Waals surface area contributed by atoms with Crippen molar-refractivity contribution >= 4 is 11.9 Å². The maximum absolute atomic E-state index is 11.1. The van der Waals surface area contributed by atoms with Gasteiger partial charge >= 0.3 is 5.97 Å². The fourth-order valence-electron chi connectivity index (χ4n) is 0.871. The molecule has 0 rings (SSSR count). The van der Waals surface area contributed by atoms with Gasteiger partial charge in [-0.25, -0.2) is 0 Å². The van der Waals surface area contributed by atoms with Gasteiger partial charge in [-0.2, -0.15) is 0 Å². The van der Waals surface area contributed by atoms with E-state index in [9.17, 15) is 9.59 Å². The summed E-state index contributed by atoms with van der Waals surface area (Å²) in [5.41, 5.74) is 0. The van der Waals surface area contributed by atoms with E-state index in [1.807, 2.05) is 0 Å². The van der Waals surface area contributed by atoms with Gasteiger partial charge in [-0.1, -0.05) is 6.08 Å². The van der Waals surface area contributed by atoms with Gasteiger partial charge in [0, 0.05) is 26.4 Å². The lowest BCUT2D eigenvalue weighted by Crippen LogP contribution is -2.27. The van der Waals surface area contributed by atoms with Gasteiger partial charge in [-0.05, 0) is 6.42 Å². The highest BCUT2D eigenvalue weighted by Gasteiger charge is 2.06. The van der Waals surface area contributed by atoms with Crippen LogP contribution in [0.5, 0.6) is 0 Å². The molecule has 4 heteroatoms. The monoisotopic (exact) mass is 185 g/mol. The number of carboxylic acids is 1. The van der Waals surface area contributed by atoms with Crippen LogP contribution < -0.4 is 0 Å². The summed E-state index contributed by atoms with van der Waals surface area (Å²) in [6.45, 7) is 3.94. The molecule has 0 aliphatic rings. The molecule has 0 saturated carbocycles. The molecule has 13 heavy (non-hydrogen) atoms. The highest BCUT2D eigenvalue weighted by atomic mass is 16.4. The van der Waals surface area contributed by atoms with Crippen LogP contribution in [-0.4, -0.2) is 35.5 Å². The third kappa shape index (κ3) is 5.90. The van der Waals surface area contributed by atoms with Gasteiger partial charge in [0.25, 0.3) is 0 Å². The number of carbonyl (C=O) groups excluding carboxylic acids is 1. The minimum Gasteiger partial charge on any atom is -0.481 e. The fraction of sp³-hybridized carbons (Fsp3) is 0.556. The van der Waals surface area contributed by atoms with Gasteiger partial charge < -0.3 is 10.0 Å². The molecule has 0 unspecified atom stereocenters. The topological polar surface area (TPSA) is 57.6 Å². The smallest absolute Gasteiger partial charge is 0.303 e. The zero-order chi connectivity index (χ0) is 10.3. The Labute approximate surface area is 77.8 Å². The van der Waals surface area contributed by atoms with E-state index in [-0.39, 0.29) is 12.3 Å². The molecule has 0 saturated heterocycles. The van der Waals surface area contributed by atoms with Gasteiger partial charge in [-0.15, -0.1) is 6.58 Å². The molecule has 0 aliphatic carbocycles. The zero-order valence-corrected chi connectivity index (χ0v) is 7.82. The number of carboxylic acid groups (broad SMARTS) is 1. The number of amides is 1. The van der Waals surface area contributed by atoms with Crippen molar-refractivity contribution in [1.82, 2.24) is 4.90 Å². The quantitative estimate of drug-likeness (QED) is 0.625. The van der Waals surface area contributed by atoms with Crippen molar-refractivity contribution in [2.75, 3.05) is 13.6 Å². The first kappa shape index (κ1) is 11.7. The maximum atomic E-state index is 11.1. The van der Waals surface area contributed by atoms with E-state index >= 15 is 0 Å². The van der Waals surface area contributed by atoms with E-state index in [4.69, 9.17) is 5.11 Å². The van der Waals surface area contributed by atoms with Crippen LogP contribution in [0.4, 0.5) is 0 Å². The largest absolute Gasteiger partial charge is 0.481 e. The molecule has 0 aromatic carbocycles. The molecule has 0 spiro atoms. The molecule has 1 N–H and O–H groups in total. The summed E-state index contributed by atoms with van der Waals surface area (Å²) in [6, 6.07) is 0.